The van der Waals surface area contributed by atoms with Gasteiger partial charge in [-0.3, -0.25) is 0 Å². The number of aromatic amines is 1. The van der Waals surface area contributed by atoms with Crippen molar-refractivity contribution in [3.05, 3.63) is 83.8 Å². The summed E-state index contributed by atoms with van der Waals surface area (Å²) in [6.07, 6.45) is 11.0. The van der Waals surface area contributed by atoms with Gasteiger partial charge in [-0.15, -0.1) is 0 Å². The SMILES string of the molecule is Fc1ccc2[nH]cc(CCCCC3NCC=CC3c3ccccc3)c2c1. The van der Waals surface area contributed by atoms with Gasteiger partial charge in [0.15, 0.2) is 0 Å². The molecule has 2 N–H and O–H groups in total. The van der Waals surface area contributed by atoms with E-state index in [1.165, 1.54) is 17.2 Å². The topological polar surface area (TPSA) is 27.8 Å². The summed E-state index contributed by atoms with van der Waals surface area (Å²) in [5.74, 6) is 0.286. The molecule has 2 atom stereocenters. The van der Waals surface area contributed by atoms with Crippen LogP contribution in [0.1, 0.15) is 36.3 Å². The van der Waals surface area contributed by atoms with Crippen LogP contribution in [0.4, 0.5) is 4.39 Å². The van der Waals surface area contributed by atoms with Gasteiger partial charge in [-0.05, 0) is 48.6 Å². The van der Waals surface area contributed by atoms with Crippen molar-refractivity contribution in [3.63, 3.8) is 0 Å². The second kappa shape index (κ2) is 7.88. The first kappa shape index (κ1) is 17.0. The number of hydrogen-bond acceptors (Lipinski definition) is 1. The van der Waals surface area contributed by atoms with E-state index in [1.807, 2.05) is 12.3 Å². The highest BCUT2D eigenvalue weighted by Crippen LogP contribution is 2.27. The molecule has 26 heavy (non-hydrogen) atoms. The predicted octanol–water partition coefficient (Wildman–Crippen LogP) is 5.33. The third-order valence-electron chi connectivity index (χ3n) is 5.40. The molecular formula is C23H25FN2. The van der Waals surface area contributed by atoms with E-state index in [9.17, 15) is 4.39 Å². The van der Waals surface area contributed by atoms with Crippen LogP contribution in [0.3, 0.4) is 0 Å². The summed E-state index contributed by atoms with van der Waals surface area (Å²) in [5.41, 5.74) is 3.62. The number of hydrogen-bond donors (Lipinski definition) is 2. The van der Waals surface area contributed by atoms with Crippen molar-refractivity contribution in [2.45, 2.75) is 37.6 Å². The van der Waals surface area contributed by atoms with Crippen molar-refractivity contribution < 1.29 is 4.39 Å². The minimum absolute atomic E-state index is 0.165. The Labute approximate surface area is 154 Å². The van der Waals surface area contributed by atoms with Crippen molar-refractivity contribution in [2.24, 2.45) is 0 Å². The number of benzene rings is 2. The summed E-state index contributed by atoms with van der Waals surface area (Å²) in [4.78, 5) is 3.25. The molecule has 3 heteroatoms. The molecule has 0 saturated carbocycles. The van der Waals surface area contributed by atoms with E-state index in [0.29, 0.717) is 12.0 Å². The van der Waals surface area contributed by atoms with Gasteiger partial charge in [-0.1, -0.05) is 48.9 Å². The molecule has 0 aliphatic carbocycles. The summed E-state index contributed by atoms with van der Waals surface area (Å²) < 4.78 is 13.5. The minimum Gasteiger partial charge on any atom is -0.361 e. The second-order valence-corrected chi connectivity index (χ2v) is 7.13. The number of halogens is 1. The molecule has 0 fully saturated rings. The summed E-state index contributed by atoms with van der Waals surface area (Å²) in [7, 11) is 0. The van der Waals surface area contributed by atoms with Gasteiger partial charge in [0.25, 0.3) is 0 Å². The fourth-order valence-corrected chi connectivity index (χ4v) is 4.03. The fraction of sp³-hybridized carbons (Fsp3) is 0.304. The molecule has 4 rings (SSSR count). The molecule has 0 saturated heterocycles. The number of aryl methyl sites for hydroxylation is 1. The van der Waals surface area contributed by atoms with Crippen molar-refractivity contribution in [1.29, 1.82) is 0 Å². The van der Waals surface area contributed by atoms with E-state index in [4.69, 9.17) is 0 Å². The van der Waals surface area contributed by atoms with Crippen LogP contribution in [0.25, 0.3) is 10.9 Å². The quantitative estimate of drug-likeness (QED) is 0.457. The maximum absolute atomic E-state index is 13.5. The number of H-pyrrole nitrogens is 1. The standard InChI is InChI=1S/C23H25FN2/c24-19-12-13-23-21(15-19)18(16-26-23)9-4-5-11-22-20(10-6-14-25-22)17-7-2-1-3-8-17/h1-3,6-8,10,12-13,15-16,20,22,25-26H,4-5,9,11,14H2. The smallest absolute Gasteiger partial charge is 0.123 e. The van der Waals surface area contributed by atoms with Crippen molar-refractivity contribution in [1.82, 2.24) is 10.3 Å². The lowest BCUT2D eigenvalue weighted by Gasteiger charge is -2.29. The number of rotatable bonds is 6. The lowest BCUT2D eigenvalue weighted by Crippen LogP contribution is -2.37. The lowest BCUT2D eigenvalue weighted by atomic mass is 9.86. The molecule has 134 valence electrons. The van der Waals surface area contributed by atoms with Crippen molar-refractivity contribution in [3.8, 4) is 0 Å². The van der Waals surface area contributed by atoms with Gasteiger partial charge in [-0.25, -0.2) is 4.39 Å². The van der Waals surface area contributed by atoms with Gasteiger partial charge in [0, 0.05) is 35.6 Å². The molecule has 2 nitrogen and oxygen atoms in total. The van der Waals surface area contributed by atoms with Gasteiger partial charge in [0.2, 0.25) is 0 Å². The summed E-state index contributed by atoms with van der Waals surface area (Å²) in [6, 6.07) is 16.2. The van der Waals surface area contributed by atoms with Crippen LogP contribution in [0.15, 0.2) is 66.9 Å². The Morgan fingerprint density at radius 2 is 1.92 bits per heavy atom. The fourth-order valence-electron chi connectivity index (χ4n) is 4.03. The molecule has 1 aliphatic heterocycles. The van der Waals surface area contributed by atoms with Crippen LogP contribution in [-0.4, -0.2) is 17.6 Å². The van der Waals surface area contributed by atoms with Gasteiger partial charge < -0.3 is 10.3 Å². The van der Waals surface area contributed by atoms with E-state index in [0.717, 1.165) is 43.1 Å². The monoisotopic (exact) mass is 348 g/mol. The molecule has 2 unspecified atom stereocenters. The van der Waals surface area contributed by atoms with Crippen molar-refractivity contribution in [2.75, 3.05) is 6.54 Å². The first-order chi connectivity index (χ1) is 12.8. The zero-order valence-electron chi connectivity index (χ0n) is 14.9. The normalized spacial score (nSPS) is 19.9. The zero-order chi connectivity index (χ0) is 17.8. The molecule has 0 amide bonds. The maximum Gasteiger partial charge on any atom is 0.123 e. The minimum atomic E-state index is -0.165. The Hall–Kier alpha value is -2.39. The van der Waals surface area contributed by atoms with Crippen molar-refractivity contribution >= 4 is 10.9 Å². The maximum atomic E-state index is 13.5. The highest BCUT2D eigenvalue weighted by atomic mass is 19.1. The molecule has 0 spiro atoms. The number of nitrogens with one attached hydrogen (secondary N) is 2. The molecule has 1 aliphatic rings. The van der Waals surface area contributed by atoms with Gasteiger partial charge in [-0.2, -0.15) is 0 Å². The molecule has 3 aromatic rings. The van der Waals surface area contributed by atoms with Crippen LogP contribution in [0.5, 0.6) is 0 Å². The Kier molecular flexibility index (Phi) is 5.16. The van der Waals surface area contributed by atoms with Crippen LogP contribution in [-0.2, 0) is 6.42 Å². The summed E-state index contributed by atoms with van der Waals surface area (Å²) in [6.45, 7) is 0.954. The second-order valence-electron chi connectivity index (χ2n) is 7.13. The number of unbranched alkanes of at least 4 members (excludes halogenated alkanes) is 1. The third-order valence-corrected chi connectivity index (χ3v) is 5.40. The van der Waals surface area contributed by atoms with Crippen LogP contribution >= 0.6 is 0 Å². The summed E-state index contributed by atoms with van der Waals surface area (Å²) >= 11 is 0. The molecule has 0 radical (unpaired) electrons. The van der Waals surface area contributed by atoms with E-state index in [2.05, 4.69) is 52.8 Å². The van der Waals surface area contributed by atoms with Gasteiger partial charge in [0.1, 0.15) is 5.82 Å². The van der Waals surface area contributed by atoms with E-state index < -0.39 is 0 Å². The molecule has 2 aromatic carbocycles. The molecular weight excluding hydrogens is 323 g/mol. The number of aromatic nitrogens is 1. The van der Waals surface area contributed by atoms with Crippen LogP contribution in [0, 0.1) is 5.82 Å². The molecule has 1 aromatic heterocycles. The highest BCUT2D eigenvalue weighted by molar-refractivity contribution is 5.83. The Morgan fingerprint density at radius 3 is 2.81 bits per heavy atom. The zero-order valence-corrected chi connectivity index (χ0v) is 14.9. The third kappa shape index (κ3) is 3.73. The van der Waals surface area contributed by atoms with E-state index >= 15 is 0 Å². The molecule has 0 bridgehead atoms. The molecule has 2 heterocycles. The highest BCUT2D eigenvalue weighted by Gasteiger charge is 2.22. The van der Waals surface area contributed by atoms with E-state index in [-0.39, 0.29) is 5.82 Å². The van der Waals surface area contributed by atoms with Crippen LogP contribution in [0.2, 0.25) is 0 Å². The Bertz CT molecular complexity index is 882. The number of fused-ring (bicyclic) bond motifs is 1. The first-order valence-electron chi connectivity index (χ1n) is 9.52. The Morgan fingerprint density at radius 1 is 1.04 bits per heavy atom. The van der Waals surface area contributed by atoms with Gasteiger partial charge >= 0.3 is 0 Å². The average molecular weight is 348 g/mol. The van der Waals surface area contributed by atoms with Crippen LogP contribution < -0.4 is 5.32 Å². The van der Waals surface area contributed by atoms with Gasteiger partial charge in [0.05, 0.1) is 0 Å². The summed E-state index contributed by atoms with van der Waals surface area (Å²) in [5, 5.41) is 4.68. The largest absolute Gasteiger partial charge is 0.361 e. The lowest BCUT2D eigenvalue weighted by molar-refractivity contribution is 0.432. The first-order valence-corrected chi connectivity index (χ1v) is 9.52. The van der Waals surface area contributed by atoms with E-state index in [1.54, 1.807) is 6.07 Å². The predicted molar refractivity (Wildman–Crippen MR) is 106 cm³/mol. The Balaban J connectivity index is 1.35. The average Bonchev–Trinajstić information content (AvgIpc) is 3.08.